The first-order valence-electron chi connectivity index (χ1n) is 7.08. The van der Waals surface area contributed by atoms with E-state index >= 15 is 0 Å². The Morgan fingerprint density at radius 3 is 2.63 bits per heavy atom. The Balaban J connectivity index is 2.29. The van der Waals surface area contributed by atoms with Gasteiger partial charge < -0.3 is 10.1 Å². The second-order valence-electron chi connectivity index (χ2n) is 5.42. The van der Waals surface area contributed by atoms with E-state index in [1.54, 1.807) is 7.11 Å². The van der Waals surface area contributed by atoms with Crippen molar-refractivity contribution >= 4 is 5.91 Å². The van der Waals surface area contributed by atoms with Gasteiger partial charge in [-0.3, -0.25) is 4.79 Å². The SMILES string of the molecule is CCC(C)NC(=O)C1(c2ccccc2OC)CCC1. The summed E-state index contributed by atoms with van der Waals surface area (Å²) in [5, 5.41) is 3.13. The smallest absolute Gasteiger partial charge is 0.231 e. The van der Waals surface area contributed by atoms with Gasteiger partial charge in [0, 0.05) is 11.6 Å². The second-order valence-corrected chi connectivity index (χ2v) is 5.42. The minimum Gasteiger partial charge on any atom is -0.496 e. The Morgan fingerprint density at radius 1 is 1.42 bits per heavy atom. The lowest BCUT2D eigenvalue weighted by molar-refractivity contribution is -0.130. The molecular formula is C16H23NO2. The summed E-state index contributed by atoms with van der Waals surface area (Å²) in [6.45, 7) is 4.13. The monoisotopic (exact) mass is 261 g/mol. The highest BCUT2D eigenvalue weighted by Crippen LogP contribution is 2.47. The van der Waals surface area contributed by atoms with Gasteiger partial charge in [0.05, 0.1) is 12.5 Å². The van der Waals surface area contributed by atoms with Gasteiger partial charge >= 0.3 is 0 Å². The molecule has 1 aromatic rings. The fourth-order valence-electron chi connectivity index (χ4n) is 2.65. The number of methoxy groups -OCH3 is 1. The van der Waals surface area contributed by atoms with Crippen LogP contribution >= 0.6 is 0 Å². The van der Waals surface area contributed by atoms with E-state index < -0.39 is 0 Å². The predicted octanol–water partition coefficient (Wildman–Crippen LogP) is 3.03. The number of para-hydroxylation sites is 1. The molecule has 1 saturated carbocycles. The lowest BCUT2D eigenvalue weighted by Crippen LogP contribution is -2.51. The van der Waals surface area contributed by atoms with Crippen LogP contribution in [0, 0.1) is 0 Å². The van der Waals surface area contributed by atoms with E-state index in [4.69, 9.17) is 4.74 Å². The summed E-state index contributed by atoms with van der Waals surface area (Å²) in [7, 11) is 1.66. The molecule has 0 aromatic heterocycles. The van der Waals surface area contributed by atoms with Gasteiger partial charge in [0.25, 0.3) is 0 Å². The van der Waals surface area contributed by atoms with Crippen molar-refractivity contribution in [3.05, 3.63) is 29.8 Å². The van der Waals surface area contributed by atoms with E-state index in [1.807, 2.05) is 31.2 Å². The van der Waals surface area contributed by atoms with Crippen LogP contribution in [0.15, 0.2) is 24.3 Å². The molecule has 1 N–H and O–H groups in total. The number of hydrogen-bond acceptors (Lipinski definition) is 2. The Kier molecular flexibility index (Phi) is 4.13. The molecule has 1 amide bonds. The standard InChI is InChI=1S/C16H23NO2/c1-4-12(2)17-15(18)16(10-7-11-16)13-8-5-6-9-14(13)19-3/h5-6,8-9,12H,4,7,10-11H2,1-3H3,(H,17,18). The molecule has 104 valence electrons. The van der Waals surface area contributed by atoms with Crippen molar-refractivity contribution in [1.82, 2.24) is 5.32 Å². The van der Waals surface area contributed by atoms with Crippen molar-refractivity contribution < 1.29 is 9.53 Å². The Hall–Kier alpha value is -1.51. The average Bonchev–Trinajstić information content (AvgIpc) is 2.38. The molecule has 1 aliphatic carbocycles. The van der Waals surface area contributed by atoms with E-state index in [1.165, 1.54) is 0 Å². The topological polar surface area (TPSA) is 38.3 Å². The summed E-state index contributed by atoms with van der Waals surface area (Å²) in [6, 6.07) is 8.11. The third-order valence-corrected chi connectivity index (χ3v) is 4.25. The zero-order valence-corrected chi connectivity index (χ0v) is 12.0. The highest BCUT2D eigenvalue weighted by atomic mass is 16.5. The Labute approximate surface area is 115 Å². The maximum atomic E-state index is 12.6. The van der Waals surface area contributed by atoms with Gasteiger partial charge in [-0.05, 0) is 32.3 Å². The number of amides is 1. The highest BCUT2D eigenvalue weighted by Gasteiger charge is 2.47. The molecule has 19 heavy (non-hydrogen) atoms. The lowest BCUT2D eigenvalue weighted by Gasteiger charge is -2.42. The zero-order valence-electron chi connectivity index (χ0n) is 12.0. The lowest BCUT2D eigenvalue weighted by atomic mass is 9.63. The largest absolute Gasteiger partial charge is 0.496 e. The molecule has 1 aliphatic rings. The highest BCUT2D eigenvalue weighted by molar-refractivity contribution is 5.90. The zero-order chi connectivity index (χ0) is 13.9. The molecule has 3 nitrogen and oxygen atoms in total. The van der Waals surface area contributed by atoms with Crippen LogP contribution in [0.2, 0.25) is 0 Å². The van der Waals surface area contributed by atoms with E-state index in [0.717, 1.165) is 37.0 Å². The number of hydrogen-bond donors (Lipinski definition) is 1. The van der Waals surface area contributed by atoms with Crippen molar-refractivity contribution in [3.8, 4) is 5.75 Å². The molecule has 1 fully saturated rings. The van der Waals surface area contributed by atoms with E-state index in [0.29, 0.717) is 0 Å². The van der Waals surface area contributed by atoms with Crippen LogP contribution in [0.5, 0.6) is 5.75 Å². The van der Waals surface area contributed by atoms with Crippen LogP contribution in [0.1, 0.15) is 45.1 Å². The Bertz CT molecular complexity index is 452. The fourth-order valence-corrected chi connectivity index (χ4v) is 2.65. The normalized spacial score (nSPS) is 18.3. The van der Waals surface area contributed by atoms with Crippen molar-refractivity contribution in [1.29, 1.82) is 0 Å². The molecule has 1 atom stereocenters. The molecule has 0 bridgehead atoms. The maximum absolute atomic E-state index is 12.6. The number of carbonyl (C=O) groups excluding carboxylic acids is 1. The third kappa shape index (κ3) is 2.46. The van der Waals surface area contributed by atoms with Crippen LogP contribution in [0.3, 0.4) is 0 Å². The van der Waals surface area contributed by atoms with E-state index in [2.05, 4.69) is 12.2 Å². The molecule has 0 radical (unpaired) electrons. The first kappa shape index (κ1) is 13.9. The van der Waals surface area contributed by atoms with Crippen LogP contribution in [0.4, 0.5) is 0 Å². The second kappa shape index (κ2) is 5.64. The van der Waals surface area contributed by atoms with Crippen LogP contribution in [-0.2, 0) is 10.2 Å². The summed E-state index contributed by atoms with van der Waals surface area (Å²) in [5.74, 6) is 0.971. The van der Waals surface area contributed by atoms with Gasteiger partial charge in [-0.25, -0.2) is 0 Å². The first-order valence-corrected chi connectivity index (χ1v) is 7.08. The summed E-state index contributed by atoms with van der Waals surface area (Å²) in [4.78, 5) is 12.6. The minimum absolute atomic E-state index is 0.151. The van der Waals surface area contributed by atoms with Gasteiger partial charge in [-0.15, -0.1) is 0 Å². The van der Waals surface area contributed by atoms with Gasteiger partial charge in [0.15, 0.2) is 0 Å². The molecule has 1 unspecified atom stereocenters. The summed E-state index contributed by atoms with van der Waals surface area (Å²) in [5.41, 5.74) is 0.653. The summed E-state index contributed by atoms with van der Waals surface area (Å²) >= 11 is 0. The number of rotatable bonds is 5. The van der Waals surface area contributed by atoms with Crippen molar-refractivity contribution in [3.63, 3.8) is 0 Å². The molecule has 0 heterocycles. The van der Waals surface area contributed by atoms with Crippen molar-refractivity contribution in [2.24, 2.45) is 0 Å². The maximum Gasteiger partial charge on any atom is 0.231 e. The fraction of sp³-hybridized carbons (Fsp3) is 0.562. The van der Waals surface area contributed by atoms with Crippen molar-refractivity contribution in [2.45, 2.75) is 51.0 Å². The van der Waals surface area contributed by atoms with Gasteiger partial charge in [-0.1, -0.05) is 31.5 Å². The molecule has 0 saturated heterocycles. The van der Waals surface area contributed by atoms with Crippen LogP contribution in [-0.4, -0.2) is 19.1 Å². The number of nitrogens with one attached hydrogen (secondary N) is 1. The van der Waals surface area contributed by atoms with Crippen LogP contribution in [0.25, 0.3) is 0 Å². The molecule has 1 aromatic carbocycles. The summed E-state index contributed by atoms with van der Waals surface area (Å²) in [6.07, 6.45) is 3.88. The predicted molar refractivity (Wildman–Crippen MR) is 76.4 cm³/mol. The minimum atomic E-state index is -0.379. The first-order chi connectivity index (χ1) is 9.14. The quantitative estimate of drug-likeness (QED) is 0.884. The number of carbonyl (C=O) groups is 1. The molecular weight excluding hydrogens is 238 g/mol. The number of ether oxygens (including phenoxy) is 1. The summed E-state index contributed by atoms with van der Waals surface area (Å²) < 4.78 is 5.43. The van der Waals surface area contributed by atoms with Crippen molar-refractivity contribution in [2.75, 3.05) is 7.11 Å². The Morgan fingerprint density at radius 2 is 2.11 bits per heavy atom. The van der Waals surface area contributed by atoms with E-state index in [9.17, 15) is 4.79 Å². The number of benzene rings is 1. The molecule has 0 spiro atoms. The third-order valence-electron chi connectivity index (χ3n) is 4.25. The van der Waals surface area contributed by atoms with Gasteiger partial charge in [0.1, 0.15) is 5.75 Å². The molecule has 2 rings (SSSR count). The van der Waals surface area contributed by atoms with Gasteiger partial charge in [-0.2, -0.15) is 0 Å². The average molecular weight is 261 g/mol. The molecule has 0 aliphatic heterocycles. The van der Waals surface area contributed by atoms with E-state index in [-0.39, 0.29) is 17.4 Å². The molecule has 3 heteroatoms. The van der Waals surface area contributed by atoms with Crippen LogP contribution < -0.4 is 10.1 Å². The van der Waals surface area contributed by atoms with Gasteiger partial charge in [0.2, 0.25) is 5.91 Å².